The normalized spacial score (nSPS) is 21.0. The minimum atomic E-state index is -0.736. The number of hydrogen-bond acceptors (Lipinski definition) is 2. The standard InChI is InChI=1S/C24H44O4/c1-2-3-4-5-6-7-8-9-10-11-12-14-17-20-21(23(20)24(27)28)18-15-13-16-19-22(25)26/h20-21,23H,2-19H2,1H3,(H,25,26)(H,27,28). The van der Waals surface area contributed by atoms with Crippen molar-refractivity contribution in [1.82, 2.24) is 0 Å². The third-order valence-electron chi connectivity index (χ3n) is 6.44. The second kappa shape index (κ2) is 15.8. The molecule has 2 N–H and O–H groups in total. The molecule has 0 spiro atoms. The van der Waals surface area contributed by atoms with Gasteiger partial charge in [0, 0.05) is 6.42 Å². The molecule has 3 unspecified atom stereocenters. The van der Waals surface area contributed by atoms with E-state index in [1.165, 1.54) is 77.0 Å². The molecule has 0 heterocycles. The van der Waals surface area contributed by atoms with Crippen molar-refractivity contribution < 1.29 is 19.8 Å². The van der Waals surface area contributed by atoms with E-state index < -0.39 is 11.9 Å². The largest absolute Gasteiger partial charge is 0.481 e. The molecule has 3 atom stereocenters. The van der Waals surface area contributed by atoms with E-state index in [9.17, 15) is 14.7 Å². The lowest BCUT2D eigenvalue weighted by Gasteiger charge is -2.03. The maximum Gasteiger partial charge on any atom is 0.307 e. The fourth-order valence-electron chi connectivity index (χ4n) is 4.65. The van der Waals surface area contributed by atoms with Gasteiger partial charge in [0.05, 0.1) is 5.92 Å². The highest BCUT2D eigenvalue weighted by Gasteiger charge is 2.53. The molecule has 4 nitrogen and oxygen atoms in total. The van der Waals surface area contributed by atoms with E-state index in [2.05, 4.69) is 6.92 Å². The molecule has 4 heteroatoms. The number of carboxylic acid groups (broad SMARTS) is 2. The highest BCUT2D eigenvalue weighted by Crippen LogP contribution is 2.52. The Labute approximate surface area is 172 Å². The molecule has 1 saturated carbocycles. The van der Waals surface area contributed by atoms with E-state index in [0.717, 1.165) is 25.7 Å². The summed E-state index contributed by atoms with van der Waals surface area (Å²) in [5, 5.41) is 18.0. The smallest absolute Gasteiger partial charge is 0.307 e. The van der Waals surface area contributed by atoms with Crippen LogP contribution >= 0.6 is 0 Å². The Hall–Kier alpha value is -1.06. The van der Waals surface area contributed by atoms with Crippen LogP contribution < -0.4 is 0 Å². The van der Waals surface area contributed by atoms with Crippen molar-refractivity contribution >= 4 is 11.9 Å². The monoisotopic (exact) mass is 396 g/mol. The lowest BCUT2D eigenvalue weighted by atomic mass is 10.0. The van der Waals surface area contributed by atoms with E-state index in [-0.39, 0.29) is 12.3 Å². The lowest BCUT2D eigenvalue weighted by Crippen LogP contribution is -2.01. The van der Waals surface area contributed by atoms with Gasteiger partial charge in [-0.1, -0.05) is 96.8 Å². The molecule has 1 fully saturated rings. The van der Waals surface area contributed by atoms with Crippen molar-refractivity contribution in [3.63, 3.8) is 0 Å². The van der Waals surface area contributed by atoms with Gasteiger partial charge in [-0.3, -0.25) is 9.59 Å². The Balaban J connectivity index is 1.96. The summed E-state index contributed by atoms with van der Waals surface area (Å²) in [7, 11) is 0. The Morgan fingerprint density at radius 3 is 1.39 bits per heavy atom. The maximum absolute atomic E-state index is 11.4. The van der Waals surface area contributed by atoms with Gasteiger partial charge in [-0.2, -0.15) is 0 Å². The minimum Gasteiger partial charge on any atom is -0.481 e. The highest BCUT2D eigenvalue weighted by molar-refractivity contribution is 5.74. The molecule has 0 amide bonds. The van der Waals surface area contributed by atoms with Crippen LogP contribution in [0.5, 0.6) is 0 Å². The van der Waals surface area contributed by atoms with Crippen LogP contribution in [0.25, 0.3) is 0 Å². The molecule has 0 radical (unpaired) electrons. The SMILES string of the molecule is CCCCCCCCCCCCCCC1C(CCCCCC(=O)O)C1C(=O)O. The van der Waals surface area contributed by atoms with Gasteiger partial charge in [-0.15, -0.1) is 0 Å². The average molecular weight is 397 g/mol. The van der Waals surface area contributed by atoms with E-state index >= 15 is 0 Å². The Kier molecular flexibility index (Phi) is 14.1. The van der Waals surface area contributed by atoms with Gasteiger partial charge < -0.3 is 10.2 Å². The van der Waals surface area contributed by atoms with Crippen LogP contribution in [-0.2, 0) is 9.59 Å². The topological polar surface area (TPSA) is 74.6 Å². The van der Waals surface area contributed by atoms with Crippen LogP contribution in [0.3, 0.4) is 0 Å². The van der Waals surface area contributed by atoms with Gasteiger partial charge in [0.15, 0.2) is 0 Å². The minimum absolute atomic E-state index is 0.132. The Bertz CT molecular complexity index is 421. The van der Waals surface area contributed by atoms with E-state index in [1.54, 1.807) is 0 Å². The Morgan fingerprint density at radius 1 is 0.607 bits per heavy atom. The fraction of sp³-hybridized carbons (Fsp3) is 0.917. The molecule has 0 saturated heterocycles. The maximum atomic E-state index is 11.4. The zero-order valence-electron chi connectivity index (χ0n) is 18.2. The molecule has 0 aromatic carbocycles. The summed E-state index contributed by atoms with van der Waals surface area (Å²) in [5.74, 6) is -0.776. The van der Waals surface area contributed by atoms with Crippen molar-refractivity contribution in [3.8, 4) is 0 Å². The Morgan fingerprint density at radius 2 is 1.00 bits per heavy atom. The van der Waals surface area contributed by atoms with Crippen molar-refractivity contribution in [2.75, 3.05) is 0 Å². The van der Waals surface area contributed by atoms with Gasteiger partial charge in [0.2, 0.25) is 0 Å². The van der Waals surface area contributed by atoms with Crippen molar-refractivity contribution in [2.45, 2.75) is 122 Å². The third kappa shape index (κ3) is 11.7. The highest BCUT2D eigenvalue weighted by atomic mass is 16.4. The molecule has 164 valence electrons. The van der Waals surface area contributed by atoms with Crippen LogP contribution in [0.1, 0.15) is 122 Å². The number of unbranched alkanes of at least 4 members (excludes halogenated alkanes) is 13. The van der Waals surface area contributed by atoms with E-state index in [4.69, 9.17) is 5.11 Å². The lowest BCUT2D eigenvalue weighted by molar-refractivity contribution is -0.139. The number of hydrogen-bond donors (Lipinski definition) is 2. The van der Waals surface area contributed by atoms with Crippen LogP contribution in [0.4, 0.5) is 0 Å². The molecular formula is C24H44O4. The molecule has 1 aliphatic carbocycles. The van der Waals surface area contributed by atoms with E-state index in [0.29, 0.717) is 18.3 Å². The molecule has 0 aliphatic heterocycles. The molecule has 28 heavy (non-hydrogen) atoms. The molecule has 1 rings (SSSR count). The molecule has 0 bridgehead atoms. The van der Waals surface area contributed by atoms with Crippen LogP contribution in [0, 0.1) is 17.8 Å². The first kappa shape index (κ1) is 25.0. The summed E-state index contributed by atoms with van der Waals surface area (Å²) in [4.78, 5) is 21.9. The summed E-state index contributed by atoms with van der Waals surface area (Å²) in [6.45, 7) is 2.26. The predicted molar refractivity (Wildman–Crippen MR) is 115 cm³/mol. The van der Waals surface area contributed by atoms with Crippen LogP contribution in [-0.4, -0.2) is 22.2 Å². The summed E-state index contributed by atoms with van der Waals surface area (Å²) in [5.41, 5.74) is 0. The van der Waals surface area contributed by atoms with Gasteiger partial charge in [-0.25, -0.2) is 0 Å². The van der Waals surface area contributed by atoms with Crippen molar-refractivity contribution in [3.05, 3.63) is 0 Å². The van der Waals surface area contributed by atoms with Gasteiger partial charge >= 0.3 is 11.9 Å². The van der Waals surface area contributed by atoms with Crippen molar-refractivity contribution in [1.29, 1.82) is 0 Å². The van der Waals surface area contributed by atoms with Crippen LogP contribution in [0.2, 0.25) is 0 Å². The number of carbonyl (C=O) groups is 2. The second-order valence-electron chi connectivity index (χ2n) is 8.86. The summed E-state index contributed by atoms with van der Waals surface area (Å²) in [6, 6.07) is 0. The first-order valence-electron chi connectivity index (χ1n) is 12.0. The van der Waals surface area contributed by atoms with Crippen LogP contribution in [0.15, 0.2) is 0 Å². The molecular weight excluding hydrogens is 352 g/mol. The molecule has 0 aromatic heterocycles. The molecule has 1 aliphatic rings. The van der Waals surface area contributed by atoms with E-state index in [1.807, 2.05) is 0 Å². The first-order chi connectivity index (χ1) is 13.6. The number of aliphatic carboxylic acids is 2. The summed E-state index contributed by atoms with van der Waals surface area (Å²) >= 11 is 0. The predicted octanol–water partition coefficient (Wildman–Crippen LogP) is 7.06. The zero-order chi connectivity index (χ0) is 20.6. The van der Waals surface area contributed by atoms with Crippen molar-refractivity contribution in [2.24, 2.45) is 17.8 Å². The number of carboxylic acids is 2. The summed E-state index contributed by atoms with van der Waals surface area (Å²) < 4.78 is 0. The average Bonchev–Trinajstić information content (AvgIpc) is 3.35. The molecule has 0 aromatic rings. The second-order valence-corrected chi connectivity index (χ2v) is 8.86. The first-order valence-corrected chi connectivity index (χ1v) is 12.0. The number of rotatable bonds is 20. The fourth-order valence-corrected chi connectivity index (χ4v) is 4.65. The van der Waals surface area contributed by atoms with Gasteiger partial charge in [0.25, 0.3) is 0 Å². The van der Waals surface area contributed by atoms with Gasteiger partial charge in [-0.05, 0) is 31.1 Å². The quantitative estimate of drug-likeness (QED) is 0.216. The zero-order valence-corrected chi connectivity index (χ0v) is 18.2. The van der Waals surface area contributed by atoms with Gasteiger partial charge in [0.1, 0.15) is 0 Å². The third-order valence-corrected chi connectivity index (χ3v) is 6.44. The summed E-state index contributed by atoms with van der Waals surface area (Å²) in [6.07, 6.45) is 20.9.